The number of nitrogens with one attached hydrogen (secondary N) is 1. The molecule has 0 amide bonds. The summed E-state index contributed by atoms with van der Waals surface area (Å²) in [5, 5.41) is 5.20. The second kappa shape index (κ2) is 4.50. The van der Waals surface area contributed by atoms with Crippen molar-refractivity contribution in [2.45, 2.75) is 0 Å². The quantitative estimate of drug-likeness (QED) is 0.699. The molecule has 20 heavy (non-hydrogen) atoms. The first kappa shape index (κ1) is 13.0. The smallest absolute Gasteiger partial charge is 0.358 e. The lowest BCUT2D eigenvalue weighted by molar-refractivity contribution is 0.0593. The molecule has 0 aliphatic heterocycles. The summed E-state index contributed by atoms with van der Waals surface area (Å²) in [4.78, 5) is 26.0. The van der Waals surface area contributed by atoms with E-state index in [4.69, 9.17) is 23.2 Å². The summed E-state index contributed by atoms with van der Waals surface area (Å²) in [6.07, 6.45) is 0. The van der Waals surface area contributed by atoms with E-state index in [1.807, 2.05) is 0 Å². The third-order valence-corrected chi connectivity index (χ3v) is 3.60. The highest BCUT2D eigenvalue weighted by Crippen LogP contribution is 2.28. The second-order valence-corrected chi connectivity index (χ2v) is 4.87. The predicted octanol–water partition coefficient (Wildman–Crippen LogP) is 2.27. The SMILES string of the molecule is COC(=O)c1cc2c3cc(Cl)c(Cl)cc3[nH]c(=O)n2n1. The highest BCUT2D eigenvalue weighted by atomic mass is 35.5. The molecule has 2 aromatic heterocycles. The van der Waals surface area contributed by atoms with Gasteiger partial charge < -0.3 is 9.72 Å². The van der Waals surface area contributed by atoms with Gasteiger partial charge in [-0.3, -0.25) is 0 Å². The first-order valence-electron chi connectivity index (χ1n) is 5.50. The van der Waals surface area contributed by atoms with E-state index < -0.39 is 11.7 Å². The van der Waals surface area contributed by atoms with E-state index in [1.165, 1.54) is 13.2 Å². The number of aromatic amines is 1. The number of carbonyl (C=O) groups excluding carboxylic acids is 1. The fourth-order valence-electron chi connectivity index (χ4n) is 1.96. The van der Waals surface area contributed by atoms with E-state index in [1.54, 1.807) is 12.1 Å². The Kier molecular flexibility index (Phi) is 2.92. The molecule has 6 nitrogen and oxygen atoms in total. The van der Waals surface area contributed by atoms with Gasteiger partial charge in [0.25, 0.3) is 0 Å². The average molecular weight is 312 g/mol. The summed E-state index contributed by atoms with van der Waals surface area (Å²) in [5.74, 6) is -0.624. The van der Waals surface area contributed by atoms with Crippen LogP contribution in [0.3, 0.4) is 0 Å². The molecule has 102 valence electrons. The number of rotatable bonds is 1. The van der Waals surface area contributed by atoms with Gasteiger partial charge in [-0.15, -0.1) is 0 Å². The maximum atomic E-state index is 11.9. The van der Waals surface area contributed by atoms with Crippen LogP contribution in [-0.2, 0) is 4.74 Å². The topological polar surface area (TPSA) is 76.5 Å². The molecular weight excluding hydrogens is 305 g/mol. The van der Waals surface area contributed by atoms with E-state index in [2.05, 4.69) is 14.8 Å². The van der Waals surface area contributed by atoms with Crippen molar-refractivity contribution in [2.75, 3.05) is 7.11 Å². The molecule has 0 atom stereocenters. The lowest BCUT2D eigenvalue weighted by Gasteiger charge is -2.02. The van der Waals surface area contributed by atoms with Gasteiger partial charge in [-0.2, -0.15) is 9.61 Å². The Morgan fingerprint density at radius 3 is 2.70 bits per heavy atom. The number of esters is 1. The number of carbonyl (C=O) groups is 1. The van der Waals surface area contributed by atoms with E-state index in [0.717, 1.165) is 4.52 Å². The summed E-state index contributed by atoms with van der Waals surface area (Å²) >= 11 is 11.9. The maximum Gasteiger partial charge on any atom is 0.358 e. The monoisotopic (exact) mass is 311 g/mol. The molecule has 0 fully saturated rings. The molecule has 8 heteroatoms. The Morgan fingerprint density at radius 1 is 1.30 bits per heavy atom. The number of nitrogens with zero attached hydrogens (tertiary/aromatic N) is 2. The van der Waals surface area contributed by atoms with Gasteiger partial charge >= 0.3 is 11.7 Å². The molecular formula is C12H7Cl2N3O3. The molecule has 3 rings (SSSR count). The molecule has 0 bridgehead atoms. The van der Waals surface area contributed by atoms with Gasteiger partial charge in [-0.25, -0.2) is 9.59 Å². The average Bonchev–Trinajstić information content (AvgIpc) is 2.86. The van der Waals surface area contributed by atoms with Gasteiger partial charge in [0.15, 0.2) is 5.69 Å². The minimum absolute atomic E-state index is 0.0385. The number of fused-ring (bicyclic) bond motifs is 3. The van der Waals surface area contributed by atoms with Gasteiger partial charge in [0.1, 0.15) is 0 Å². The number of benzene rings is 1. The zero-order chi connectivity index (χ0) is 14.4. The van der Waals surface area contributed by atoms with E-state index in [0.29, 0.717) is 26.5 Å². The molecule has 2 heterocycles. The van der Waals surface area contributed by atoms with E-state index in [-0.39, 0.29) is 5.69 Å². The van der Waals surface area contributed by atoms with Crippen LogP contribution in [0.5, 0.6) is 0 Å². The minimum Gasteiger partial charge on any atom is -0.464 e. The van der Waals surface area contributed by atoms with Crippen LogP contribution in [0.25, 0.3) is 16.4 Å². The van der Waals surface area contributed by atoms with Crippen molar-refractivity contribution in [1.82, 2.24) is 14.6 Å². The lowest BCUT2D eigenvalue weighted by Crippen LogP contribution is -2.17. The van der Waals surface area contributed by atoms with Crippen molar-refractivity contribution in [2.24, 2.45) is 0 Å². The van der Waals surface area contributed by atoms with Crippen LogP contribution in [0, 0.1) is 0 Å². The molecule has 0 radical (unpaired) electrons. The zero-order valence-electron chi connectivity index (χ0n) is 10.1. The van der Waals surface area contributed by atoms with Gasteiger partial charge in [0.2, 0.25) is 0 Å². The third kappa shape index (κ3) is 1.85. The number of aromatic nitrogens is 3. The van der Waals surface area contributed by atoms with Crippen LogP contribution in [-0.4, -0.2) is 27.7 Å². The summed E-state index contributed by atoms with van der Waals surface area (Å²) in [6, 6.07) is 4.62. The van der Waals surface area contributed by atoms with Crippen LogP contribution < -0.4 is 5.69 Å². The van der Waals surface area contributed by atoms with Crippen LogP contribution in [0.4, 0.5) is 0 Å². The number of halogens is 2. The maximum absolute atomic E-state index is 11.9. The van der Waals surface area contributed by atoms with Crippen LogP contribution in [0.15, 0.2) is 23.0 Å². The summed E-state index contributed by atoms with van der Waals surface area (Å²) in [6.45, 7) is 0. The Bertz CT molecular complexity index is 914. The molecule has 1 N–H and O–H groups in total. The first-order valence-corrected chi connectivity index (χ1v) is 6.26. The standard InChI is InChI=1S/C12H7Cl2N3O3/c1-20-11(18)9-4-10-5-2-6(13)7(14)3-8(5)15-12(19)17(10)16-9/h2-4H,1H3,(H,15,19). The largest absolute Gasteiger partial charge is 0.464 e. The fourth-order valence-corrected chi connectivity index (χ4v) is 2.29. The Balaban J connectivity index is 2.45. The minimum atomic E-state index is -0.624. The summed E-state index contributed by atoms with van der Waals surface area (Å²) in [7, 11) is 1.24. The Hall–Kier alpha value is -2.05. The summed E-state index contributed by atoms with van der Waals surface area (Å²) < 4.78 is 5.67. The Labute approximate surface area is 121 Å². The van der Waals surface area contributed by atoms with Gasteiger partial charge in [0, 0.05) is 5.39 Å². The highest BCUT2D eigenvalue weighted by molar-refractivity contribution is 6.42. The second-order valence-electron chi connectivity index (χ2n) is 4.06. The van der Waals surface area contributed by atoms with Crippen LogP contribution in [0.2, 0.25) is 10.0 Å². The highest BCUT2D eigenvalue weighted by Gasteiger charge is 2.15. The van der Waals surface area contributed by atoms with Gasteiger partial charge in [0.05, 0.1) is 28.2 Å². The van der Waals surface area contributed by atoms with Crippen molar-refractivity contribution in [1.29, 1.82) is 0 Å². The summed E-state index contributed by atoms with van der Waals surface area (Å²) in [5.41, 5.74) is 0.508. The molecule has 0 saturated heterocycles. The molecule has 0 saturated carbocycles. The van der Waals surface area contributed by atoms with E-state index in [9.17, 15) is 9.59 Å². The number of hydrogen-bond acceptors (Lipinski definition) is 4. The van der Waals surface area contributed by atoms with Crippen molar-refractivity contribution in [3.63, 3.8) is 0 Å². The molecule has 0 spiro atoms. The lowest BCUT2D eigenvalue weighted by atomic mass is 10.2. The molecule has 0 unspecified atom stereocenters. The number of hydrogen-bond donors (Lipinski definition) is 1. The van der Waals surface area contributed by atoms with Crippen molar-refractivity contribution in [3.8, 4) is 0 Å². The normalized spacial score (nSPS) is 11.2. The van der Waals surface area contributed by atoms with Crippen LogP contribution >= 0.6 is 23.2 Å². The fraction of sp³-hybridized carbons (Fsp3) is 0.0833. The zero-order valence-corrected chi connectivity index (χ0v) is 11.6. The van der Waals surface area contributed by atoms with Crippen molar-refractivity contribution in [3.05, 3.63) is 44.4 Å². The van der Waals surface area contributed by atoms with Crippen molar-refractivity contribution < 1.29 is 9.53 Å². The first-order chi connectivity index (χ1) is 9.51. The number of ether oxygens (including phenoxy) is 1. The van der Waals surface area contributed by atoms with E-state index >= 15 is 0 Å². The third-order valence-electron chi connectivity index (χ3n) is 2.87. The van der Waals surface area contributed by atoms with Crippen LogP contribution in [0.1, 0.15) is 10.5 Å². The van der Waals surface area contributed by atoms with Crippen molar-refractivity contribution >= 4 is 45.6 Å². The Morgan fingerprint density at radius 2 is 2.00 bits per heavy atom. The molecule has 1 aromatic carbocycles. The predicted molar refractivity (Wildman–Crippen MR) is 74.7 cm³/mol. The molecule has 0 aliphatic rings. The molecule has 0 aliphatic carbocycles. The molecule has 3 aromatic rings. The van der Waals surface area contributed by atoms with Gasteiger partial charge in [-0.05, 0) is 18.2 Å². The van der Waals surface area contributed by atoms with Gasteiger partial charge in [-0.1, -0.05) is 23.2 Å². The number of H-pyrrole nitrogens is 1. The number of methoxy groups -OCH3 is 1.